The predicted molar refractivity (Wildman–Crippen MR) is 56.5 cm³/mol. The molecule has 0 saturated carbocycles. The molecule has 0 unspecified atom stereocenters. The Morgan fingerprint density at radius 1 is 1.29 bits per heavy atom. The predicted octanol–water partition coefficient (Wildman–Crippen LogP) is 1.60. The average Bonchev–Trinajstić information content (AvgIpc) is 2.16. The van der Waals surface area contributed by atoms with Crippen LogP contribution < -0.4 is 5.73 Å². The van der Waals surface area contributed by atoms with E-state index in [1.165, 1.54) is 0 Å². The number of nitrogens with zero attached hydrogens (tertiary/aromatic N) is 2. The monoisotopic (exact) mass is 186 g/mol. The Hall–Kier alpha value is -1.97. The van der Waals surface area contributed by atoms with Crippen molar-refractivity contribution in [2.24, 2.45) is 0 Å². The summed E-state index contributed by atoms with van der Waals surface area (Å²) < 4.78 is 0. The first kappa shape index (κ1) is 8.62. The summed E-state index contributed by atoms with van der Waals surface area (Å²) in [5, 5.41) is 16.1. The lowest BCUT2D eigenvalue weighted by Crippen LogP contribution is -1.95. The van der Waals surface area contributed by atoms with Crippen molar-refractivity contribution in [2.75, 3.05) is 5.73 Å². The van der Waals surface area contributed by atoms with Crippen molar-refractivity contribution < 1.29 is 0 Å². The maximum atomic E-state index is 7.48. The minimum absolute atomic E-state index is 0.414. The first-order chi connectivity index (χ1) is 6.66. The van der Waals surface area contributed by atoms with Crippen LogP contribution >= 0.6 is 0 Å². The summed E-state index contributed by atoms with van der Waals surface area (Å²) in [5.41, 5.74) is 7.65. The third kappa shape index (κ3) is 1.42. The molecule has 0 atom stereocenters. The molecule has 4 nitrogen and oxygen atoms in total. The molecule has 0 saturated heterocycles. The van der Waals surface area contributed by atoms with E-state index >= 15 is 0 Å². The zero-order valence-electron chi connectivity index (χ0n) is 7.78. The van der Waals surface area contributed by atoms with Gasteiger partial charge >= 0.3 is 0 Å². The van der Waals surface area contributed by atoms with Gasteiger partial charge in [0.15, 0.2) is 0 Å². The van der Waals surface area contributed by atoms with Crippen LogP contribution in [0.2, 0.25) is 0 Å². The van der Waals surface area contributed by atoms with Crippen molar-refractivity contribution in [2.45, 2.75) is 6.92 Å². The number of aromatic nitrogens is 2. The van der Waals surface area contributed by atoms with Crippen LogP contribution in [-0.2, 0) is 0 Å². The van der Waals surface area contributed by atoms with Crippen LogP contribution in [0.3, 0.4) is 0 Å². The highest BCUT2D eigenvalue weighted by atomic mass is 15.1. The van der Waals surface area contributed by atoms with Gasteiger partial charge in [-0.2, -0.15) is 0 Å². The molecule has 1 aromatic heterocycles. The van der Waals surface area contributed by atoms with Gasteiger partial charge in [-0.05, 0) is 24.6 Å². The van der Waals surface area contributed by atoms with E-state index in [1.54, 1.807) is 13.0 Å². The Labute approximate surface area is 81.3 Å². The molecule has 0 aliphatic carbocycles. The summed E-state index contributed by atoms with van der Waals surface area (Å²) in [7, 11) is 0. The van der Waals surface area contributed by atoms with Crippen molar-refractivity contribution in [3.05, 3.63) is 29.8 Å². The number of anilines is 1. The Balaban J connectivity index is 2.67. The number of nitrogens with one attached hydrogen (secondary N) is 1. The van der Waals surface area contributed by atoms with Crippen LogP contribution in [0.15, 0.2) is 24.3 Å². The maximum absolute atomic E-state index is 7.48. The second-order valence-corrected chi connectivity index (χ2v) is 3.17. The largest absolute Gasteiger partial charge is 0.382 e. The summed E-state index contributed by atoms with van der Waals surface area (Å²) in [6.45, 7) is 1.74. The molecule has 0 radical (unpaired) electrons. The number of nitrogens with two attached hydrogens (primary N) is 1. The fourth-order valence-electron chi connectivity index (χ4n) is 1.29. The zero-order valence-corrected chi connectivity index (χ0v) is 7.78. The van der Waals surface area contributed by atoms with Gasteiger partial charge in [0.05, 0.1) is 5.52 Å². The summed E-state index contributed by atoms with van der Waals surface area (Å²) in [5.74, 6) is 0.414. The molecule has 0 fully saturated rings. The van der Waals surface area contributed by atoms with Crippen molar-refractivity contribution in [3.8, 4) is 0 Å². The van der Waals surface area contributed by atoms with Crippen molar-refractivity contribution in [3.63, 3.8) is 0 Å². The minimum atomic E-state index is 0.414. The van der Waals surface area contributed by atoms with Gasteiger partial charge in [0.1, 0.15) is 5.82 Å². The highest BCUT2D eigenvalue weighted by Crippen LogP contribution is 2.14. The SMILES string of the molecule is CC(=N)c1ccc2cc(N)nnc2c1. The molecule has 1 aromatic carbocycles. The number of benzene rings is 1. The third-order valence-electron chi connectivity index (χ3n) is 2.04. The Bertz CT molecular complexity index is 504. The van der Waals surface area contributed by atoms with Crippen LogP contribution in [-0.4, -0.2) is 15.9 Å². The fourth-order valence-corrected chi connectivity index (χ4v) is 1.29. The van der Waals surface area contributed by atoms with Gasteiger partial charge in [-0.1, -0.05) is 12.1 Å². The van der Waals surface area contributed by atoms with E-state index in [1.807, 2.05) is 18.2 Å². The second kappa shape index (κ2) is 3.06. The van der Waals surface area contributed by atoms with E-state index in [0.717, 1.165) is 16.5 Å². The van der Waals surface area contributed by atoms with E-state index in [-0.39, 0.29) is 0 Å². The first-order valence-electron chi connectivity index (χ1n) is 4.25. The van der Waals surface area contributed by atoms with Crippen LogP contribution in [0.5, 0.6) is 0 Å². The van der Waals surface area contributed by atoms with E-state index < -0.39 is 0 Å². The molecular weight excluding hydrogens is 176 g/mol. The second-order valence-electron chi connectivity index (χ2n) is 3.17. The zero-order chi connectivity index (χ0) is 10.1. The molecular formula is C10H10N4. The molecule has 1 heterocycles. The summed E-state index contributed by atoms with van der Waals surface area (Å²) in [6, 6.07) is 7.38. The maximum Gasteiger partial charge on any atom is 0.146 e. The standard InChI is InChI=1S/C10H10N4/c1-6(11)7-2-3-8-5-10(12)14-13-9(8)4-7/h2-5,11H,1H3,(H2,12,14). The van der Waals surface area contributed by atoms with E-state index in [4.69, 9.17) is 11.1 Å². The Morgan fingerprint density at radius 3 is 2.79 bits per heavy atom. The molecule has 0 bridgehead atoms. The molecule has 0 aliphatic heterocycles. The lowest BCUT2D eigenvalue weighted by Gasteiger charge is -2.00. The Kier molecular flexibility index (Phi) is 1.89. The normalized spacial score (nSPS) is 10.4. The van der Waals surface area contributed by atoms with Crippen molar-refractivity contribution in [1.29, 1.82) is 5.41 Å². The summed E-state index contributed by atoms with van der Waals surface area (Å²) >= 11 is 0. The molecule has 0 amide bonds. The van der Waals surface area contributed by atoms with Gasteiger partial charge in [-0.15, -0.1) is 10.2 Å². The number of rotatable bonds is 1. The number of nitrogen functional groups attached to an aromatic ring is 1. The molecule has 4 heteroatoms. The number of hydrogen-bond acceptors (Lipinski definition) is 4. The van der Waals surface area contributed by atoms with Gasteiger partial charge in [0.2, 0.25) is 0 Å². The lowest BCUT2D eigenvalue weighted by atomic mass is 10.1. The van der Waals surface area contributed by atoms with E-state index in [2.05, 4.69) is 10.2 Å². The molecule has 14 heavy (non-hydrogen) atoms. The van der Waals surface area contributed by atoms with Crippen LogP contribution in [0.25, 0.3) is 10.9 Å². The van der Waals surface area contributed by atoms with Crippen LogP contribution in [0.1, 0.15) is 12.5 Å². The van der Waals surface area contributed by atoms with Gasteiger partial charge in [0.25, 0.3) is 0 Å². The quantitative estimate of drug-likeness (QED) is 0.664. The molecule has 70 valence electrons. The van der Waals surface area contributed by atoms with Crippen molar-refractivity contribution in [1.82, 2.24) is 10.2 Å². The van der Waals surface area contributed by atoms with E-state index in [0.29, 0.717) is 11.5 Å². The van der Waals surface area contributed by atoms with Crippen LogP contribution in [0.4, 0.5) is 5.82 Å². The third-order valence-corrected chi connectivity index (χ3v) is 2.04. The molecule has 0 spiro atoms. The van der Waals surface area contributed by atoms with Gasteiger partial charge in [0, 0.05) is 11.1 Å². The minimum Gasteiger partial charge on any atom is -0.382 e. The average molecular weight is 186 g/mol. The lowest BCUT2D eigenvalue weighted by molar-refractivity contribution is 1.09. The van der Waals surface area contributed by atoms with Crippen LogP contribution in [0, 0.1) is 5.41 Å². The highest BCUT2D eigenvalue weighted by molar-refractivity contribution is 5.99. The first-order valence-corrected chi connectivity index (χ1v) is 4.25. The van der Waals surface area contributed by atoms with Crippen molar-refractivity contribution >= 4 is 22.4 Å². The van der Waals surface area contributed by atoms with Gasteiger partial charge in [-0.25, -0.2) is 0 Å². The molecule has 3 N–H and O–H groups in total. The van der Waals surface area contributed by atoms with Gasteiger partial charge in [-0.3, -0.25) is 0 Å². The molecule has 2 aromatic rings. The Morgan fingerprint density at radius 2 is 2.07 bits per heavy atom. The molecule has 0 aliphatic rings. The fraction of sp³-hybridized carbons (Fsp3) is 0.100. The smallest absolute Gasteiger partial charge is 0.146 e. The van der Waals surface area contributed by atoms with Gasteiger partial charge < -0.3 is 11.1 Å². The highest BCUT2D eigenvalue weighted by Gasteiger charge is 2.00. The van der Waals surface area contributed by atoms with E-state index in [9.17, 15) is 0 Å². The topological polar surface area (TPSA) is 75.7 Å². The molecule has 2 rings (SSSR count). The summed E-state index contributed by atoms with van der Waals surface area (Å²) in [4.78, 5) is 0. The number of fused-ring (bicyclic) bond motifs is 1. The number of hydrogen-bond donors (Lipinski definition) is 2. The summed E-state index contributed by atoms with van der Waals surface area (Å²) in [6.07, 6.45) is 0.